The molecule has 2 unspecified atom stereocenters. The van der Waals surface area contributed by atoms with Crippen LogP contribution in [0.15, 0.2) is 0 Å². The maximum Gasteiger partial charge on any atom is 0.408 e. The molecule has 2 rings (SSSR count). The molecule has 1 aromatic rings. The lowest BCUT2D eigenvalue weighted by Crippen LogP contribution is -2.47. The van der Waals surface area contributed by atoms with Crippen molar-refractivity contribution in [3.8, 4) is 0 Å². The van der Waals surface area contributed by atoms with Gasteiger partial charge in [-0.3, -0.25) is 4.90 Å². The molecule has 1 aliphatic rings. The van der Waals surface area contributed by atoms with Gasteiger partial charge >= 0.3 is 6.09 Å². The molecule has 2 atom stereocenters. The molecule has 1 aliphatic heterocycles. The average molecular weight is 475 g/mol. The van der Waals surface area contributed by atoms with Crippen molar-refractivity contribution >= 4 is 51.3 Å². The highest BCUT2D eigenvalue weighted by atomic mass is 127. The van der Waals surface area contributed by atoms with E-state index in [4.69, 9.17) is 0 Å². The summed E-state index contributed by atoms with van der Waals surface area (Å²) in [6, 6.07) is 0.0443. The highest BCUT2D eigenvalue weighted by Gasteiger charge is 2.49. The highest BCUT2D eigenvalue weighted by Crippen LogP contribution is 2.43. The number of carboxylic acid groups (broad SMARTS) is 1. The molecule has 0 aromatic carbocycles. The first-order valence-corrected chi connectivity index (χ1v) is 8.02. The fraction of sp³-hybridized carbons (Fsp3) is 0.636. The fourth-order valence-electron chi connectivity index (χ4n) is 2.79. The summed E-state index contributed by atoms with van der Waals surface area (Å²) in [5.74, 6) is 0.783. The maximum atomic E-state index is 11.5. The summed E-state index contributed by atoms with van der Waals surface area (Å²) in [7, 11) is 0. The number of aromatic amines is 1. The second kappa shape index (κ2) is 5.14. The van der Waals surface area contributed by atoms with Crippen molar-refractivity contribution in [2.75, 3.05) is 0 Å². The fourth-order valence-corrected chi connectivity index (χ4v) is 3.54. The lowest BCUT2D eigenvalue weighted by atomic mass is 9.92. The SMILES string of the molecule is CCC1(c2nc(I)c(I)[nH]2)CCC(C)N1C(=O)O. The molecule has 1 fully saturated rings. The Kier molecular flexibility index (Phi) is 4.10. The summed E-state index contributed by atoms with van der Waals surface area (Å²) in [6.07, 6.45) is 1.59. The number of nitrogens with zero attached hydrogens (tertiary/aromatic N) is 2. The van der Waals surface area contributed by atoms with Crippen LogP contribution in [0.2, 0.25) is 0 Å². The predicted molar refractivity (Wildman–Crippen MR) is 84.6 cm³/mol. The second-order valence-corrected chi connectivity index (χ2v) is 6.72. The summed E-state index contributed by atoms with van der Waals surface area (Å²) in [4.78, 5) is 20.9. The van der Waals surface area contributed by atoms with Gasteiger partial charge in [-0.25, -0.2) is 9.78 Å². The quantitative estimate of drug-likeness (QED) is 0.645. The Bertz CT molecular complexity index is 457. The Morgan fingerprint density at radius 3 is 2.78 bits per heavy atom. The van der Waals surface area contributed by atoms with E-state index in [-0.39, 0.29) is 6.04 Å². The summed E-state index contributed by atoms with van der Waals surface area (Å²) >= 11 is 4.36. The molecule has 0 spiro atoms. The van der Waals surface area contributed by atoms with Gasteiger partial charge in [-0.05, 0) is 71.4 Å². The molecule has 0 radical (unpaired) electrons. The Morgan fingerprint density at radius 2 is 2.33 bits per heavy atom. The first kappa shape index (κ1) is 14.4. The molecule has 2 heterocycles. The van der Waals surface area contributed by atoms with Gasteiger partial charge in [0.1, 0.15) is 18.8 Å². The van der Waals surface area contributed by atoms with Crippen LogP contribution in [-0.2, 0) is 5.54 Å². The van der Waals surface area contributed by atoms with Crippen molar-refractivity contribution in [3.63, 3.8) is 0 Å². The van der Waals surface area contributed by atoms with Crippen molar-refractivity contribution in [3.05, 3.63) is 13.2 Å². The highest BCUT2D eigenvalue weighted by molar-refractivity contribution is 14.1. The number of aromatic nitrogens is 2. The summed E-state index contributed by atoms with van der Waals surface area (Å²) in [5.41, 5.74) is -0.491. The molecule has 5 nitrogen and oxygen atoms in total. The molecule has 1 amide bonds. The Balaban J connectivity index is 2.50. The van der Waals surface area contributed by atoms with Crippen LogP contribution in [0.4, 0.5) is 4.79 Å². The third-order valence-electron chi connectivity index (χ3n) is 3.73. The first-order valence-electron chi connectivity index (χ1n) is 5.86. The maximum absolute atomic E-state index is 11.5. The van der Waals surface area contributed by atoms with E-state index in [1.165, 1.54) is 0 Å². The number of H-pyrrole nitrogens is 1. The van der Waals surface area contributed by atoms with Gasteiger partial charge in [0, 0.05) is 6.04 Å². The number of halogens is 2. The molecule has 18 heavy (non-hydrogen) atoms. The molecule has 1 aromatic heterocycles. The first-order chi connectivity index (χ1) is 8.42. The van der Waals surface area contributed by atoms with Gasteiger partial charge in [0.05, 0.1) is 0 Å². The lowest BCUT2D eigenvalue weighted by Gasteiger charge is -2.36. The zero-order valence-corrected chi connectivity index (χ0v) is 14.5. The number of imidazole rings is 1. The van der Waals surface area contributed by atoms with Gasteiger partial charge in [0.15, 0.2) is 0 Å². The molecule has 7 heteroatoms. The van der Waals surface area contributed by atoms with Gasteiger partial charge < -0.3 is 10.1 Å². The molecule has 0 bridgehead atoms. The number of amides is 1. The van der Waals surface area contributed by atoms with Crippen LogP contribution in [0.1, 0.15) is 38.9 Å². The van der Waals surface area contributed by atoms with E-state index in [2.05, 4.69) is 55.1 Å². The van der Waals surface area contributed by atoms with Crippen LogP contribution in [0, 0.1) is 7.40 Å². The van der Waals surface area contributed by atoms with E-state index in [1.54, 1.807) is 4.90 Å². The van der Waals surface area contributed by atoms with E-state index in [1.807, 2.05) is 13.8 Å². The molecule has 2 N–H and O–H groups in total. The zero-order valence-electron chi connectivity index (χ0n) is 10.2. The van der Waals surface area contributed by atoms with Crippen molar-refractivity contribution in [2.24, 2.45) is 0 Å². The average Bonchev–Trinajstić information content (AvgIpc) is 2.81. The summed E-state index contributed by atoms with van der Waals surface area (Å²) in [5, 5.41) is 9.47. The standard InChI is InChI=1S/C11H15I2N3O2/c1-3-11(9-14-7(12)8(13)15-9)5-4-6(2)16(11)10(17)18/h6H,3-5H2,1-2H3,(H,14,15)(H,17,18). The lowest BCUT2D eigenvalue weighted by molar-refractivity contribution is 0.0760. The number of hydrogen-bond acceptors (Lipinski definition) is 2. The summed E-state index contributed by atoms with van der Waals surface area (Å²) in [6.45, 7) is 3.99. The van der Waals surface area contributed by atoms with E-state index >= 15 is 0 Å². The number of likely N-dealkylation sites (tertiary alicyclic amines) is 1. The number of carbonyl (C=O) groups is 1. The molecular formula is C11H15I2N3O2. The molecule has 0 aliphatic carbocycles. The van der Waals surface area contributed by atoms with Crippen LogP contribution >= 0.6 is 45.2 Å². The minimum atomic E-state index is -0.858. The van der Waals surface area contributed by atoms with Crippen LogP contribution in [0.5, 0.6) is 0 Å². The zero-order chi connectivity index (χ0) is 13.5. The second-order valence-electron chi connectivity index (χ2n) is 4.62. The van der Waals surface area contributed by atoms with Crippen molar-refractivity contribution in [2.45, 2.75) is 44.7 Å². The van der Waals surface area contributed by atoms with Crippen molar-refractivity contribution in [1.82, 2.24) is 14.9 Å². The predicted octanol–water partition coefficient (Wildman–Crippen LogP) is 3.39. The smallest absolute Gasteiger partial charge is 0.408 e. The number of nitrogens with one attached hydrogen (secondary N) is 1. The third kappa shape index (κ3) is 2.12. The largest absolute Gasteiger partial charge is 0.465 e. The molecular weight excluding hydrogens is 460 g/mol. The van der Waals surface area contributed by atoms with Gasteiger partial charge in [-0.15, -0.1) is 0 Å². The third-order valence-corrected chi connectivity index (χ3v) is 6.32. The van der Waals surface area contributed by atoms with Crippen molar-refractivity contribution in [1.29, 1.82) is 0 Å². The van der Waals surface area contributed by atoms with E-state index < -0.39 is 11.6 Å². The number of rotatable bonds is 2. The van der Waals surface area contributed by atoms with E-state index in [9.17, 15) is 9.90 Å². The van der Waals surface area contributed by atoms with Gasteiger partial charge in [-0.2, -0.15) is 0 Å². The van der Waals surface area contributed by atoms with Gasteiger partial charge in [-0.1, -0.05) is 6.92 Å². The minimum absolute atomic E-state index is 0.0443. The molecule has 1 saturated heterocycles. The molecule has 100 valence electrons. The molecule has 0 saturated carbocycles. The number of hydrogen-bond donors (Lipinski definition) is 2. The van der Waals surface area contributed by atoms with Crippen LogP contribution < -0.4 is 0 Å². The van der Waals surface area contributed by atoms with Crippen LogP contribution in [0.25, 0.3) is 0 Å². The Hall–Kier alpha value is -0.0600. The van der Waals surface area contributed by atoms with Crippen LogP contribution in [0.3, 0.4) is 0 Å². The Labute approximate surface area is 133 Å². The van der Waals surface area contributed by atoms with Gasteiger partial charge in [0.2, 0.25) is 0 Å². The van der Waals surface area contributed by atoms with E-state index in [0.717, 1.165) is 32.5 Å². The van der Waals surface area contributed by atoms with E-state index in [0.29, 0.717) is 0 Å². The normalized spacial score (nSPS) is 27.8. The van der Waals surface area contributed by atoms with Crippen LogP contribution in [-0.4, -0.2) is 32.1 Å². The van der Waals surface area contributed by atoms with Crippen molar-refractivity contribution < 1.29 is 9.90 Å². The summed E-state index contributed by atoms with van der Waals surface area (Å²) < 4.78 is 1.88. The topological polar surface area (TPSA) is 69.2 Å². The Morgan fingerprint density at radius 1 is 1.67 bits per heavy atom. The minimum Gasteiger partial charge on any atom is -0.465 e. The monoisotopic (exact) mass is 475 g/mol. The van der Waals surface area contributed by atoms with Gasteiger partial charge in [0.25, 0.3) is 0 Å².